The number of carbonyl (C=O) groups excluding carboxylic acids is 2. The molecule has 1 N–H and O–H groups in total. The maximum absolute atomic E-state index is 13.4. The summed E-state index contributed by atoms with van der Waals surface area (Å²) < 4.78 is 18.6. The van der Waals surface area contributed by atoms with Crippen LogP contribution in [0, 0.1) is 5.82 Å². The second kappa shape index (κ2) is 8.45. The van der Waals surface area contributed by atoms with Crippen molar-refractivity contribution in [2.45, 2.75) is 45.4 Å². The molecule has 0 atom stereocenters. The maximum atomic E-state index is 13.4. The molecule has 138 valence electrons. The van der Waals surface area contributed by atoms with Gasteiger partial charge in [0.25, 0.3) is 5.91 Å². The van der Waals surface area contributed by atoms with Crippen LogP contribution < -0.4 is 5.32 Å². The van der Waals surface area contributed by atoms with Crippen LogP contribution in [0.5, 0.6) is 0 Å². The van der Waals surface area contributed by atoms with E-state index in [1.807, 2.05) is 0 Å². The first-order valence-electron chi connectivity index (χ1n) is 8.98. The molecule has 0 fully saturated rings. The first kappa shape index (κ1) is 18.6. The summed E-state index contributed by atoms with van der Waals surface area (Å²) in [6.07, 6.45) is 6.14. The van der Waals surface area contributed by atoms with E-state index in [2.05, 4.69) is 5.32 Å². The molecule has 0 spiro atoms. The predicted octanol–water partition coefficient (Wildman–Crippen LogP) is 4.98. The number of thiophene rings is 1. The van der Waals surface area contributed by atoms with Crippen molar-refractivity contribution in [3.63, 3.8) is 0 Å². The SMILES string of the molecule is CCOC(=O)c1c(NC(=O)c2cccc(F)c2)sc2c1CCCCCC2. The number of nitrogens with one attached hydrogen (secondary N) is 1. The summed E-state index contributed by atoms with van der Waals surface area (Å²) in [6.45, 7) is 2.04. The van der Waals surface area contributed by atoms with Crippen LogP contribution in [0.3, 0.4) is 0 Å². The Morgan fingerprint density at radius 1 is 1.19 bits per heavy atom. The van der Waals surface area contributed by atoms with E-state index in [9.17, 15) is 14.0 Å². The average Bonchev–Trinajstić information content (AvgIpc) is 2.91. The quantitative estimate of drug-likeness (QED) is 0.767. The zero-order chi connectivity index (χ0) is 18.5. The summed E-state index contributed by atoms with van der Waals surface area (Å²) in [5.41, 5.74) is 1.70. The monoisotopic (exact) mass is 375 g/mol. The molecule has 2 aromatic rings. The normalized spacial score (nSPS) is 14.1. The summed E-state index contributed by atoms with van der Waals surface area (Å²) in [7, 11) is 0. The molecule has 0 aliphatic heterocycles. The minimum atomic E-state index is -0.471. The lowest BCUT2D eigenvalue weighted by Crippen LogP contribution is -2.15. The highest BCUT2D eigenvalue weighted by molar-refractivity contribution is 7.17. The number of rotatable bonds is 4. The van der Waals surface area contributed by atoms with Crippen LogP contribution in [0.1, 0.15) is 63.8 Å². The fourth-order valence-corrected chi connectivity index (χ4v) is 4.50. The van der Waals surface area contributed by atoms with Gasteiger partial charge in [-0.05, 0) is 56.4 Å². The van der Waals surface area contributed by atoms with Crippen LogP contribution in [0.25, 0.3) is 0 Å². The van der Waals surface area contributed by atoms with Gasteiger partial charge >= 0.3 is 5.97 Å². The van der Waals surface area contributed by atoms with Crippen LogP contribution in [0.15, 0.2) is 24.3 Å². The number of anilines is 1. The number of hydrogen-bond donors (Lipinski definition) is 1. The molecular formula is C20H22FNO3S. The minimum Gasteiger partial charge on any atom is -0.462 e. The maximum Gasteiger partial charge on any atom is 0.341 e. The Morgan fingerprint density at radius 3 is 2.69 bits per heavy atom. The minimum absolute atomic E-state index is 0.223. The number of fused-ring (bicyclic) bond motifs is 1. The van der Waals surface area contributed by atoms with E-state index in [1.54, 1.807) is 13.0 Å². The Labute approximate surface area is 156 Å². The lowest BCUT2D eigenvalue weighted by atomic mass is 9.96. The molecule has 0 radical (unpaired) electrons. The molecule has 1 aliphatic rings. The molecule has 1 aliphatic carbocycles. The first-order valence-corrected chi connectivity index (χ1v) is 9.80. The first-order chi connectivity index (χ1) is 12.6. The van der Waals surface area contributed by atoms with Crippen LogP contribution in [0.2, 0.25) is 0 Å². The van der Waals surface area contributed by atoms with Crippen molar-refractivity contribution in [3.8, 4) is 0 Å². The molecule has 0 saturated heterocycles. The van der Waals surface area contributed by atoms with E-state index in [4.69, 9.17) is 4.74 Å². The molecule has 4 nitrogen and oxygen atoms in total. The van der Waals surface area contributed by atoms with Gasteiger partial charge in [0, 0.05) is 10.4 Å². The van der Waals surface area contributed by atoms with E-state index in [-0.39, 0.29) is 12.2 Å². The van der Waals surface area contributed by atoms with Crippen molar-refractivity contribution in [2.24, 2.45) is 0 Å². The van der Waals surface area contributed by atoms with Gasteiger partial charge in [0.15, 0.2) is 0 Å². The van der Waals surface area contributed by atoms with Gasteiger partial charge in [-0.1, -0.05) is 18.9 Å². The molecule has 0 bridgehead atoms. The van der Waals surface area contributed by atoms with Crippen molar-refractivity contribution in [3.05, 3.63) is 51.7 Å². The molecule has 3 rings (SSSR count). The van der Waals surface area contributed by atoms with E-state index < -0.39 is 17.7 Å². The van der Waals surface area contributed by atoms with Crippen molar-refractivity contribution >= 4 is 28.2 Å². The fourth-order valence-electron chi connectivity index (χ4n) is 3.23. The largest absolute Gasteiger partial charge is 0.462 e. The van der Waals surface area contributed by atoms with Gasteiger partial charge in [-0.25, -0.2) is 9.18 Å². The Balaban J connectivity index is 1.95. The Kier molecular flexibility index (Phi) is 6.04. The lowest BCUT2D eigenvalue weighted by Gasteiger charge is -2.11. The number of halogens is 1. The number of ether oxygens (including phenoxy) is 1. The molecule has 0 saturated carbocycles. The summed E-state index contributed by atoms with van der Waals surface area (Å²) >= 11 is 1.44. The average molecular weight is 375 g/mol. The zero-order valence-corrected chi connectivity index (χ0v) is 15.6. The van der Waals surface area contributed by atoms with Crippen molar-refractivity contribution < 1.29 is 18.7 Å². The molecular weight excluding hydrogens is 353 g/mol. The predicted molar refractivity (Wildman–Crippen MR) is 101 cm³/mol. The highest BCUT2D eigenvalue weighted by Gasteiger charge is 2.26. The van der Waals surface area contributed by atoms with E-state index in [1.165, 1.54) is 36.0 Å². The Morgan fingerprint density at radius 2 is 1.96 bits per heavy atom. The van der Waals surface area contributed by atoms with Crippen molar-refractivity contribution in [1.29, 1.82) is 0 Å². The number of hydrogen-bond acceptors (Lipinski definition) is 4. The van der Waals surface area contributed by atoms with Crippen LogP contribution in [-0.4, -0.2) is 18.5 Å². The van der Waals surface area contributed by atoms with Crippen LogP contribution >= 0.6 is 11.3 Å². The Hall–Kier alpha value is -2.21. The van der Waals surface area contributed by atoms with Gasteiger partial charge in [0.2, 0.25) is 0 Å². The smallest absolute Gasteiger partial charge is 0.341 e. The molecule has 0 unspecified atom stereocenters. The number of carbonyl (C=O) groups is 2. The molecule has 6 heteroatoms. The molecule has 1 amide bonds. The van der Waals surface area contributed by atoms with Crippen LogP contribution in [0.4, 0.5) is 9.39 Å². The highest BCUT2D eigenvalue weighted by atomic mass is 32.1. The standard InChI is InChI=1S/C20H22FNO3S/c1-2-25-20(24)17-15-10-5-3-4-6-11-16(15)26-19(17)22-18(23)13-8-7-9-14(21)12-13/h7-9,12H,2-6,10-11H2,1H3,(H,22,23). The van der Waals surface area contributed by atoms with Gasteiger partial charge in [-0.3, -0.25) is 4.79 Å². The zero-order valence-electron chi connectivity index (χ0n) is 14.8. The molecule has 1 heterocycles. The third kappa shape index (κ3) is 4.12. The van der Waals surface area contributed by atoms with Crippen LogP contribution in [-0.2, 0) is 17.6 Å². The third-order valence-electron chi connectivity index (χ3n) is 4.46. The number of benzene rings is 1. The van der Waals surface area contributed by atoms with Gasteiger partial charge in [0.05, 0.1) is 12.2 Å². The topological polar surface area (TPSA) is 55.4 Å². The second-order valence-corrected chi connectivity index (χ2v) is 7.41. The molecule has 26 heavy (non-hydrogen) atoms. The van der Waals surface area contributed by atoms with Crippen molar-refractivity contribution in [1.82, 2.24) is 0 Å². The van der Waals surface area contributed by atoms with E-state index in [0.717, 1.165) is 42.5 Å². The van der Waals surface area contributed by atoms with Gasteiger partial charge in [-0.2, -0.15) is 0 Å². The molecule has 1 aromatic heterocycles. The lowest BCUT2D eigenvalue weighted by molar-refractivity contribution is 0.0526. The van der Waals surface area contributed by atoms with E-state index in [0.29, 0.717) is 10.6 Å². The van der Waals surface area contributed by atoms with Gasteiger partial charge < -0.3 is 10.1 Å². The number of aryl methyl sites for hydroxylation is 1. The Bertz CT molecular complexity index is 815. The molecule has 1 aromatic carbocycles. The summed E-state index contributed by atoms with van der Waals surface area (Å²) in [5, 5.41) is 3.31. The third-order valence-corrected chi connectivity index (χ3v) is 5.67. The fraction of sp³-hybridized carbons (Fsp3) is 0.400. The second-order valence-electron chi connectivity index (χ2n) is 6.31. The van der Waals surface area contributed by atoms with Crippen molar-refractivity contribution in [2.75, 3.05) is 11.9 Å². The summed E-state index contributed by atoms with van der Waals surface area (Å²) in [6, 6.07) is 5.51. The van der Waals surface area contributed by atoms with Gasteiger partial charge in [-0.15, -0.1) is 11.3 Å². The van der Waals surface area contributed by atoms with E-state index >= 15 is 0 Å². The number of esters is 1. The van der Waals surface area contributed by atoms with Gasteiger partial charge in [0.1, 0.15) is 10.8 Å². The summed E-state index contributed by atoms with van der Waals surface area (Å²) in [5.74, 6) is -1.30. The number of amides is 1. The summed E-state index contributed by atoms with van der Waals surface area (Å²) in [4.78, 5) is 26.2. The highest BCUT2D eigenvalue weighted by Crippen LogP contribution is 2.37.